The first-order valence-electron chi connectivity index (χ1n) is 37.1. The van der Waals surface area contributed by atoms with Crippen molar-refractivity contribution in [2.75, 3.05) is 74.7 Å². The van der Waals surface area contributed by atoms with Crippen LogP contribution in [-0.2, 0) is 108 Å². The molecule has 0 amide bonds. The first kappa shape index (κ1) is 88.2. The van der Waals surface area contributed by atoms with Crippen LogP contribution in [-0.4, -0.2) is 137 Å². The molecule has 20 heteroatoms. The lowest BCUT2D eigenvalue weighted by Crippen LogP contribution is -2.41. The van der Waals surface area contributed by atoms with Gasteiger partial charge >= 0.3 is 23.9 Å². The molecule has 0 fully saturated rings. The van der Waals surface area contributed by atoms with Crippen LogP contribution < -0.4 is 18.9 Å². The second kappa shape index (κ2) is 37.4. The van der Waals surface area contributed by atoms with Crippen LogP contribution in [0.5, 0.6) is 23.0 Å². The maximum atomic E-state index is 13.4. The van der Waals surface area contributed by atoms with E-state index in [1.165, 1.54) is 0 Å². The number of Topliss-reactive ketones (excluding diaryl/α,β-unsaturated/α-hetero) is 1. The second-order valence-corrected chi connectivity index (χ2v) is 54.7. The van der Waals surface area contributed by atoms with Gasteiger partial charge in [0.15, 0.2) is 25.0 Å². The molecule has 0 unspecified atom stereocenters. The molecule has 0 radical (unpaired) electrons. The number of rotatable bonds is 36. The minimum Gasteiger partial charge on any atom is -0.496 e. The van der Waals surface area contributed by atoms with Crippen molar-refractivity contribution in [3.8, 4) is 23.0 Å². The van der Waals surface area contributed by atoms with Crippen LogP contribution in [0.25, 0.3) is 0 Å². The van der Waals surface area contributed by atoms with E-state index in [1.807, 2.05) is 0 Å². The van der Waals surface area contributed by atoms with Crippen molar-refractivity contribution < 1.29 is 75.1 Å². The molecule has 16 nitrogen and oxygen atoms in total. The minimum absolute atomic E-state index is 0.0385. The molecule has 576 valence electrons. The van der Waals surface area contributed by atoms with Gasteiger partial charge in [-0.15, -0.1) is 0 Å². The van der Waals surface area contributed by atoms with Crippen molar-refractivity contribution in [3.05, 3.63) is 152 Å². The highest BCUT2D eigenvalue weighted by Gasteiger charge is 2.41. The Hall–Kier alpha value is -6.40. The number of hydrogen-bond donors (Lipinski definition) is 0. The standard InChI is InChI=1S/C84H128O16Si4/c1-57(54-98-102(22,23)82(7,8)9)77(86)94-37-28-32-60-42-64-50-66-44-61(33-29-38-95-78(87)58(2)55-99-103(24,25)83(10,11)12)46-68(74(66)91-17)52-70-48-63(35-31-40-97-80(89)72(85)36-41-101(20,21)81(4,5)6)49-71(76(70)93-19)53-69-47-62(45-67(75(69)92-18)51-65(43-60)73(64)90-16)34-30-39-96-79(88)59(3)56-100-104(26,27)84(13,14)15/h42-49H,1-3,28-41,50-56H2,4-27H3. The zero-order chi connectivity index (χ0) is 78.1. The quantitative estimate of drug-likeness (QED) is 0.00919. The van der Waals surface area contributed by atoms with Crippen molar-refractivity contribution in [2.45, 2.75) is 245 Å². The summed E-state index contributed by atoms with van der Waals surface area (Å²) >= 11 is 0. The lowest BCUT2D eigenvalue weighted by Gasteiger charge is -2.36. The lowest BCUT2D eigenvalue weighted by molar-refractivity contribution is -0.153. The molecule has 104 heavy (non-hydrogen) atoms. The monoisotopic (exact) mass is 1500 g/mol. The fraction of sp³-hybridized carbons (Fsp3) is 0.583. The van der Waals surface area contributed by atoms with Crippen molar-refractivity contribution in [2.24, 2.45) is 0 Å². The Morgan fingerprint density at radius 1 is 0.346 bits per heavy atom. The Labute approximate surface area is 628 Å². The summed E-state index contributed by atoms with van der Waals surface area (Å²) in [7, 11) is -1.50. The van der Waals surface area contributed by atoms with Crippen LogP contribution in [0, 0.1) is 0 Å². The van der Waals surface area contributed by atoms with E-state index in [0.29, 0.717) is 106 Å². The van der Waals surface area contributed by atoms with E-state index in [-0.39, 0.29) is 89.5 Å². The summed E-state index contributed by atoms with van der Waals surface area (Å²) in [5, 5.41) is -0.0423. The lowest BCUT2D eigenvalue weighted by atomic mass is 9.87. The minimum atomic E-state index is -2.15. The Morgan fingerprint density at radius 3 is 0.750 bits per heavy atom. The zero-order valence-corrected chi connectivity index (χ0v) is 72.1. The maximum absolute atomic E-state index is 13.4. The smallest absolute Gasteiger partial charge is 0.374 e. The van der Waals surface area contributed by atoms with Gasteiger partial charge in [-0.2, -0.15) is 0 Å². The zero-order valence-electron chi connectivity index (χ0n) is 68.1. The first-order valence-corrected chi connectivity index (χ1v) is 49.0. The van der Waals surface area contributed by atoms with E-state index in [1.54, 1.807) is 28.4 Å². The molecule has 5 rings (SSSR count). The van der Waals surface area contributed by atoms with Gasteiger partial charge in [-0.1, -0.05) is 164 Å². The van der Waals surface area contributed by atoms with Crippen LogP contribution in [0.3, 0.4) is 0 Å². The van der Waals surface area contributed by atoms with Gasteiger partial charge in [-0.3, -0.25) is 4.79 Å². The Kier molecular flexibility index (Phi) is 31.7. The number of ether oxygens (including phenoxy) is 8. The topological polar surface area (TPSA) is 187 Å². The van der Waals surface area contributed by atoms with Gasteiger partial charge in [0.2, 0.25) is 5.78 Å². The molecule has 1 aliphatic rings. The average Bonchev–Trinajstić information content (AvgIpc) is 0.774. The fourth-order valence-corrected chi connectivity index (χ4v) is 16.0. The third-order valence-corrected chi connectivity index (χ3v) is 41.3. The predicted molar refractivity (Wildman–Crippen MR) is 429 cm³/mol. The number of ketones is 1. The average molecular weight is 1510 g/mol. The predicted octanol–water partition coefficient (Wildman–Crippen LogP) is 18.5. The highest BCUT2D eigenvalue weighted by molar-refractivity contribution is 6.80. The summed E-state index contributed by atoms with van der Waals surface area (Å²) in [4.78, 5) is 66.7. The van der Waals surface area contributed by atoms with E-state index in [9.17, 15) is 24.0 Å². The number of carbonyl (C=O) groups excluding carboxylic acids is 5. The number of esters is 4. The van der Waals surface area contributed by atoms with Crippen LogP contribution >= 0.6 is 0 Å². The molecule has 0 heterocycles. The Morgan fingerprint density at radius 2 is 0.558 bits per heavy atom. The molecule has 0 aliphatic heterocycles. The molecular formula is C84H128O16Si4. The van der Waals surface area contributed by atoms with Gasteiger partial charge in [0.25, 0.3) is 0 Å². The molecule has 8 bridgehead atoms. The first-order chi connectivity index (χ1) is 48.2. The summed E-state index contributed by atoms with van der Waals surface area (Å²) in [5.74, 6) is 0.0118. The van der Waals surface area contributed by atoms with Crippen molar-refractivity contribution in [3.63, 3.8) is 0 Å². The maximum Gasteiger partial charge on any atom is 0.374 e. The second-order valence-electron chi connectivity index (χ2n) is 34.5. The molecule has 4 aromatic carbocycles. The third kappa shape index (κ3) is 24.8. The van der Waals surface area contributed by atoms with E-state index < -0.39 is 62.7 Å². The number of methoxy groups -OCH3 is 4. The van der Waals surface area contributed by atoms with Crippen LogP contribution in [0.2, 0.25) is 78.6 Å². The summed E-state index contributed by atoms with van der Waals surface area (Å²) in [6.07, 6.45) is 5.89. The molecule has 1 aliphatic carbocycles. The van der Waals surface area contributed by atoms with Crippen molar-refractivity contribution in [1.82, 2.24) is 0 Å². The van der Waals surface area contributed by atoms with E-state index in [0.717, 1.165) is 66.8 Å². The number of aryl methyl sites for hydroxylation is 4. The summed E-state index contributed by atoms with van der Waals surface area (Å²) in [6, 6.07) is 18.0. The van der Waals surface area contributed by atoms with Crippen LogP contribution in [0.4, 0.5) is 0 Å². The molecule has 0 aromatic heterocycles. The van der Waals surface area contributed by atoms with E-state index in [4.69, 9.17) is 51.2 Å². The Bertz CT molecular complexity index is 3130. The van der Waals surface area contributed by atoms with Gasteiger partial charge in [-0.05, 0) is 184 Å². The molecule has 0 saturated heterocycles. The van der Waals surface area contributed by atoms with Gasteiger partial charge < -0.3 is 51.2 Å². The van der Waals surface area contributed by atoms with Gasteiger partial charge in [0.1, 0.15) is 23.0 Å². The highest BCUT2D eigenvalue weighted by Crippen LogP contribution is 2.44. The SMILES string of the molecule is C=C(CO[Si](C)(C)C(C)(C)C)C(=O)OCCCc1cc2c(OC)c(c1)Cc1cc(CCCOC(=O)C(=C)CO[Si](C)(C)C(C)(C)C)cc(c1OC)Cc1cc(CCCOC(=O)C(=O)CC[Si](C)(C)C(C)(C)C)cc(c1OC)Cc1cc(CCCOC(=O)C(=C)CO[Si](C)(C)C(C)(C)C)cc(c1OC)C2. The highest BCUT2D eigenvalue weighted by atomic mass is 28.4. The molecule has 0 atom stereocenters. The number of fused-ring (bicyclic) bond motifs is 8. The summed E-state index contributed by atoms with van der Waals surface area (Å²) < 4.78 is 68.4. The van der Waals surface area contributed by atoms with Crippen LogP contribution in [0.15, 0.2) is 85.0 Å². The summed E-state index contributed by atoms with van der Waals surface area (Å²) in [6.45, 7) is 56.3. The van der Waals surface area contributed by atoms with Gasteiger partial charge in [0.05, 0.1) is 99.5 Å². The molecular weight excluding hydrogens is 1380 g/mol. The normalized spacial score (nSPS) is 13.2. The number of hydrogen-bond acceptors (Lipinski definition) is 16. The molecule has 0 saturated carbocycles. The van der Waals surface area contributed by atoms with Crippen LogP contribution in [0.1, 0.15) is 182 Å². The molecule has 4 aromatic rings. The van der Waals surface area contributed by atoms with E-state index >= 15 is 0 Å². The largest absolute Gasteiger partial charge is 0.496 e. The van der Waals surface area contributed by atoms with Crippen molar-refractivity contribution in [1.29, 1.82) is 0 Å². The summed E-state index contributed by atoms with van der Waals surface area (Å²) in [5.41, 5.74) is 12.0. The molecule has 0 N–H and O–H groups in total. The number of carbonyl (C=O) groups is 5. The number of benzene rings is 4. The van der Waals surface area contributed by atoms with Gasteiger partial charge in [0, 0.05) is 32.1 Å². The third-order valence-electron chi connectivity index (χ3n) is 22.3. The van der Waals surface area contributed by atoms with Crippen molar-refractivity contribution >= 4 is 62.7 Å². The van der Waals surface area contributed by atoms with Gasteiger partial charge in [-0.25, -0.2) is 19.2 Å². The van der Waals surface area contributed by atoms with E-state index in [2.05, 4.69) is 204 Å². The molecule has 0 spiro atoms. The fourth-order valence-electron chi connectivity index (χ4n) is 11.5. The Balaban J connectivity index is 1.65.